The highest BCUT2D eigenvalue weighted by Crippen LogP contribution is 2.12. The number of hydrogen-bond donors (Lipinski definition) is 3. The highest BCUT2D eigenvalue weighted by atomic mass is 16.6. The van der Waals surface area contributed by atoms with Gasteiger partial charge in [-0.3, -0.25) is 14.9 Å². The second-order valence-corrected chi connectivity index (χ2v) is 3.76. The summed E-state index contributed by atoms with van der Waals surface area (Å²) in [5.74, 6) is -0.425. The molecule has 1 aromatic rings. The van der Waals surface area contributed by atoms with E-state index < -0.39 is 23.5 Å². The smallest absolute Gasteiger partial charge is 0.269 e. The number of aliphatic hydroxyl groups excluding tert-OH is 2. The Bertz CT molecular complexity index is 470. The van der Waals surface area contributed by atoms with Gasteiger partial charge in [-0.05, 0) is 23.8 Å². The monoisotopic (exact) mass is 266 g/mol. The number of hydrogen-bond acceptors (Lipinski definition) is 5. The quantitative estimate of drug-likeness (QED) is 0.383. The van der Waals surface area contributed by atoms with E-state index in [0.29, 0.717) is 5.56 Å². The summed E-state index contributed by atoms with van der Waals surface area (Å²) in [5.41, 5.74) is 0.621. The number of amides is 1. The fraction of sp³-hybridized carbons (Fsp3) is 0.250. The fourth-order valence-electron chi connectivity index (χ4n) is 1.22. The van der Waals surface area contributed by atoms with Crippen molar-refractivity contribution < 1.29 is 19.9 Å². The molecule has 0 aliphatic heterocycles. The molecule has 7 heteroatoms. The molecule has 0 radical (unpaired) electrons. The van der Waals surface area contributed by atoms with Crippen LogP contribution in [-0.2, 0) is 4.79 Å². The molecule has 1 atom stereocenters. The summed E-state index contributed by atoms with van der Waals surface area (Å²) in [5, 5.41) is 30.4. The lowest BCUT2D eigenvalue weighted by Gasteiger charge is -2.06. The Kier molecular flexibility index (Phi) is 5.65. The van der Waals surface area contributed by atoms with Crippen LogP contribution in [0.3, 0.4) is 0 Å². The van der Waals surface area contributed by atoms with E-state index in [1.807, 2.05) is 0 Å². The zero-order chi connectivity index (χ0) is 14.3. The van der Waals surface area contributed by atoms with E-state index in [0.717, 1.165) is 0 Å². The number of carbonyl (C=O) groups excluding carboxylic acids is 1. The van der Waals surface area contributed by atoms with Crippen molar-refractivity contribution in [1.82, 2.24) is 5.32 Å². The first-order valence-electron chi connectivity index (χ1n) is 5.52. The molecule has 1 rings (SSSR count). The molecule has 0 aromatic heterocycles. The largest absolute Gasteiger partial charge is 0.394 e. The molecule has 0 saturated carbocycles. The minimum atomic E-state index is -0.989. The third-order valence-electron chi connectivity index (χ3n) is 2.25. The van der Waals surface area contributed by atoms with Gasteiger partial charge in [0.25, 0.3) is 5.69 Å². The number of rotatable bonds is 6. The van der Waals surface area contributed by atoms with Gasteiger partial charge in [0, 0.05) is 24.8 Å². The van der Waals surface area contributed by atoms with Crippen LogP contribution < -0.4 is 5.32 Å². The third kappa shape index (κ3) is 5.28. The molecule has 0 fully saturated rings. The summed E-state index contributed by atoms with van der Waals surface area (Å²) in [4.78, 5) is 21.2. The van der Waals surface area contributed by atoms with E-state index in [9.17, 15) is 14.9 Å². The maximum atomic E-state index is 11.3. The van der Waals surface area contributed by atoms with E-state index in [2.05, 4.69) is 5.32 Å². The van der Waals surface area contributed by atoms with Crippen molar-refractivity contribution in [2.24, 2.45) is 0 Å². The molecule has 7 nitrogen and oxygen atoms in total. The van der Waals surface area contributed by atoms with Gasteiger partial charge in [0.05, 0.1) is 17.6 Å². The van der Waals surface area contributed by atoms with Crippen molar-refractivity contribution in [3.63, 3.8) is 0 Å². The predicted octanol–water partition coefficient (Wildman–Crippen LogP) is 0.0774. The molecule has 1 aromatic carbocycles. The Morgan fingerprint density at radius 1 is 1.42 bits per heavy atom. The van der Waals surface area contributed by atoms with Gasteiger partial charge in [-0.1, -0.05) is 0 Å². The van der Waals surface area contributed by atoms with E-state index in [4.69, 9.17) is 10.2 Å². The Hall–Kier alpha value is -2.25. The summed E-state index contributed by atoms with van der Waals surface area (Å²) in [6.45, 7) is -0.466. The number of nitrogens with one attached hydrogen (secondary N) is 1. The minimum Gasteiger partial charge on any atom is -0.394 e. The molecule has 1 unspecified atom stereocenters. The van der Waals surface area contributed by atoms with Gasteiger partial charge in [0.15, 0.2) is 0 Å². The van der Waals surface area contributed by atoms with Gasteiger partial charge < -0.3 is 15.5 Å². The summed E-state index contributed by atoms with van der Waals surface area (Å²) >= 11 is 0. The van der Waals surface area contributed by atoms with E-state index in [1.165, 1.54) is 36.4 Å². The van der Waals surface area contributed by atoms with E-state index in [-0.39, 0.29) is 12.2 Å². The molecule has 1 amide bonds. The van der Waals surface area contributed by atoms with Crippen LogP contribution in [0.1, 0.15) is 5.56 Å². The van der Waals surface area contributed by atoms with E-state index in [1.54, 1.807) is 0 Å². The van der Waals surface area contributed by atoms with Crippen LogP contribution in [0.2, 0.25) is 0 Å². The molecule has 0 spiro atoms. The standard InChI is InChI=1S/C12H14N2O5/c15-8-11(16)7-13-12(17)6-3-9-1-4-10(5-2-9)14(18)19/h1-6,11,15-16H,7-8H2,(H,13,17). The summed E-state index contributed by atoms with van der Waals surface area (Å²) in [7, 11) is 0. The second-order valence-electron chi connectivity index (χ2n) is 3.76. The van der Waals surface area contributed by atoms with Gasteiger partial charge in [0.1, 0.15) is 0 Å². The first-order valence-corrected chi connectivity index (χ1v) is 5.52. The molecule has 0 heterocycles. The molecule has 0 saturated heterocycles. The normalized spacial score (nSPS) is 12.3. The Labute approximate surface area is 109 Å². The predicted molar refractivity (Wildman–Crippen MR) is 68.2 cm³/mol. The number of nitrogens with zero attached hydrogens (tertiary/aromatic N) is 1. The van der Waals surface area contributed by atoms with Crippen molar-refractivity contribution in [3.05, 3.63) is 46.0 Å². The highest BCUT2D eigenvalue weighted by Gasteiger charge is 2.04. The summed E-state index contributed by atoms with van der Waals surface area (Å²) in [6.07, 6.45) is 1.74. The lowest BCUT2D eigenvalue weighted by Crippen LogP contribution is -2.32. The molecular formula is C12H14N2O5. The zero-order valence-electron chi connectivity index (χ0n) is 10.0. The molecule has 0 bridgehead atoms. The van der Waals surface area contributed by atoms with Crippen molar-refractivity contribution in [2.45, 2.75) is 6.10 Å². The Morgan fingerprint density at radius 2 is 2.05 bits per heavy atom. The summed E-state index contributed by atoms with van der Waals surface area (Å²) < 4.78 is 0. The topological polar surface area (TPSA) is 113 Å². The molecule has 0 aliphatic carbocycles. The van der Waals surface area contributed by atoms with Crippen LogP contribution in [0.5, 0.6) is 0 Å². The highest BCUT2D eigenvalue weighted by molar-refractivity contribution is 5.91. The zero-order valence-corrected chi connectivity index (χ0v) is 10.0. The molecule has 102 valence electrons. The van der Waals surface area contributed by atoms with Crippen molar-refractivity contribution >= 4 is 17.7 Å². The summed E-state index contributed by atoms with van der Waals surface area (Å²) in [6, 6.07) is 5.72. The minimum absolute atomic E-state index is 0.0207. The lowest BCUT2D eigenvalue weighted by molar-refractivity contribution is -0.384. The van der Waals surface area contributed by atoms with Crippen LogP contribution in [0.25, 0.3) is 6.08 Å². The van der Waals surface area contributed by atoms with Gasteiger partial charge in [0.2, 0.25) is 5.91 Å². The van der Waals surface area contributed by atoms with Crippen LogP contribution in [-0.4, -0.2) is 40.3 Å². The van der Waals surface area contributed by atoms with Crippen molar-refractivity contribution in [2.75, 3.05) is 13.2 Å². The Morgan fingerprint density at radius 3 is 2.58 bits per heavy atom. The fourth-order valence-corrected chi connectivity index (χ4v) is 1.22. The van der Waals surface area contributed by atoms with Gasteiger partial charge in [-0.2, -0.15) is 0 Å². The van der Waals surface area contributed by atoms with Crippen LogP contribution in [0.4, 0.5) is 5.69 Å². The molecule has 19 heavy (non-hydrogen) atoms. The lowest BCUT2D eigenvalue weighted by atomic mass is 10.2. The van der Waals surface area contributed by atoms with Gasteiger partial charge >= 0.3 is 0 Å². The van der Waals surface area contributed by atoms with Crippen LogP contribution >= 0.6 is 0 Å². The van der Waals surface area contributed by atoms with Crippen molar-refractivity contribution in [1.29, 1.82) is 0 Å². The average Bonchev–Trinajstić information content (AvgIpc) is 2.42. The SMILES string of the molecule is O=C(C=Cc1ccc([N+](=O)[O-])cc1)NCC(O)CO. The van der Waals surface area contributed by atoms with E-state index >= 15 is 0 Å². The number of nitro benzene ring substituents is 1. The first-order chi connectivity index (χ1) is 9.02. The number of carbonyl (C=O) groups is 1. The number of aliphatic hydroxyl groups is 2. The number of nitro groups is 1. The average molecular weight is 266 g/mol. The Balaban J connectivity index is 2.51. The number of non-ortho nitro benzene ring substituents is 1. The van der Waals surface area contributed by atoms with Gasteiger partial charge in [-0.25, -0.2) is 0 Å². The van der Waals surface area contributed by atoms with Gasteiger partial charge in [-0.15, -0.1) is 0 Å². The first kappa shape index (κ1) is 14.8. The molecular weight excluding hydrogens is 252 g/mol. The molecule has 0 aliphatic rings. The van der Waals surface area contributed by atoms with Crippen LogP contribution in [0.15, 0.2) is 30.3 Å². The van der Waals surface area contributed by atoms with Crippen LogP contribution in [0, 0.1) is 10.1 Å². The maximum absolute atomic E-state index is 11.3. The number of benzene rings is 1. The van der Waals surface area contributed by atoms with Crippen molar-refractivity contribution in [3.8, 4) is 0 Å². The third-order valence-corrected chi connectivity index (χ3v) is 2.25. The second kappa shape index (κ2) is 7.24. The molecule has 3 N–H and O–H groups in total. The maximum Gasteiger partial charge on any atom is 0.269 e.